The van der Waals surface area contributed by atoms with Crippen LogP contribution in [0.4, 0.5) is 0 Å². The van der Waals surface area contributed by atoms with Gasteiger partial charge >= 0.3 is 5.97 Å². The highest BCUT2D eigenvalue weighted by atomic mass is 16.5. The van der Waals surface area contributed by atoms with E-state index in [9.17, 15) is 25.2 Å². The number of aliphatic hydroxyl groups is 4. The van der Waals surface area contributed by atoms with Crippen LogP contribution < -0.4 is 0 Å². The van der Waals surface area contributed by atoms with Gasteiger partial charge in [0.05, 0.1) is 23.4 Å². The lowest BCUT2D eigenvalue weighted by molar-refractivity contribution is -0.277. The van der Waals surface area contributed by atoms with Crippen LogP contribution in [0.15, 0.2) is 11.6 Å². The summed E-state index contributed by atoms with van der Waals surface area (Å²) >= 11 is 0. The molecule has 6 heteroatoms. The summed E-state index contributed by atoms with van der Waals surface area (Å²) in [6, 6.07) is 0. The summed E-state index contributed by atoms with van der Waals surface area (Å²) < 4.78 is 5.14. The Morgan fingerprint density at radius 2 is 1.79 bits per heavy atom. The SMILES string of the molecule is C[C@]12[C@H](O)C[C@H]3[C@@H](CC[C@]4(O)C[C@@H](O)CC[C@]34C)[C@@]1(O)CC[C@@H]2C1=CC(=O)OC1. The monoisotopic (exact) mass is 406 g/mol. The zero-order valence-electron chi connectivity index (χ0n) is 17.4. The number of ether oxygens (including phenoxy) is 1. The summed E-state index contributed by atoms with van der Waals surface area (Å²) in [6.45, 7) is 4.35. The van der Waals surface area contributed by atoms with E-state index in [1.54, 1.807) is 6.08 Å². The van der Waals surface area contributed by atoms with Crippen molar-refractivity contribution in [2.45, 2.75) is 88.6 Å². The van der Waals surface area contributed by atoms with E-state index in [1.165, 1.54) is 0 Å². The number of cyclic esters (lactones) is 1. The number of carbonyl (C=O) groups excluding carboxylic acids is 1. The molecule has 162 valence electrons. The lowest BCUT2D eigenvalue weighted by Gasteiger charge is -2.67. The van der Waals surface area contributed by atoms with Crippen molar-refractivity contribution in [3.8, 4) is 0 Å². The maximum absolute atomic E-state index is 12.1. The van der Waals surface area contributed by atoms with Gasteiger partial charge in [-0.05, 0) is 73.7 Å². The van der Waals surface area contributed by atoms with Crippen LogP contribution in [0.5, 0.6) is 0 Å². The largest absolute Gasteiger partial charge is 0.458 e. The Morgan fingerprint density at radius 1 is 1.03 bits per heavy atom. The third-order valence-corrected chi connectivity index (χ3v) is 10.2. The molecule has 9 atom stereocenters. The van der Waals surface area contributed by atoms with Gasteiger partial charge in [-0.25, -0.2) is 4.79 Å². The number of fused-ring (bicyclic) bond motifs is 5. The molecule has 5 rings (SSSR count). The van der Waals surface area contributed by atoms with Crippen molar-refractivity contribution in [1.29, 1.82) is 0 Å². The Hall–Kier alpha value is -0.950. The van der Waals surface area contributed by atoms with Gasteiger partial charge in [0, 0.05) is 17.9 Å². The molecule has 0 spiro atoms. The molecule has 6 nitrogen and oxygen atoms in total. The number of esters is 1. The van der Waals surface area contributed by atoms with Gasteiger partial charge < -0.3 is 25.2 Å². The molecule has 0 aromatic carbocycles. The highest BCUT2D eigenvalue weighted by molar-refractivity contribution is 5.85. The Balaban J connectivity index is 1.53. The highest BCUT2D eigenvalue weighted by Crippen LogP contribution is 2.70. The van der Waals surface area contributed by atoms with E-state index in [2.05, 4.69) is 6.92 Å². The summed E-state index contributed by atoms with van der Waals surface area (Å²) in [6.07, 6.45) is 5.23. The van der Waals surface area contributed by atoms with Gasteiger partial charge in [0.15, 0.2) is 0 Å². The molecule has 0 radical (unpaired) electrons. The van der Waals surface area contributed by atoms with Crippen molar-refractivity contribution in [2.24, 2.45) is 28.6 Å². The van der Waals surface area contributed by atoms with E-state index in [0.717, 1.165) is 12.0 Å². The minimum absolute atomic E-state index is 0.0000378. The normalized spacial score (nSPS) is 56.8. The van der Waals surface area contributed by atoms with E-state index >= 15 is 0 Å². The van der Waals surface area contributed by atoms with Crippen molar-refractivity contribution in [1.82, 2.24) is 0 Å². The van der Waals surface area contributed by atoms with Gasteiger partial charge in [0.25, 0.3) is 0 Å². The van der Waals surface area contributed by atoms with Crippen LogP contribution in [0.25, 0.3) is 0 Å². The molecule has 0 unspecified atom stereocenters. The van der Waals surface area contributed by atoms with E-state index in [1.807, 2.05) is 6.92 Å². The average Bonchev–Trinajstić information content (AvgIpc) is 3.19. The van der Waals surface area contributed by atoms with Gasteiger partial charge in [-0.2, -0.15) is 0 Å². The van der Waals surface area contributed by atoms with Crippen LogP contribution in [0, 0.1) is 28.6 Å². The first-order valence-electron chi connectivity index (χ1n) is 11.2. The number of rotatable bonds is 1. The second-order valence-corrected chi connectivity index (χ2v) is 11.0. The molecule has 4 saturated carbocycles. The topological polar surface area (TPSA) is 107 Å². The fourth-order valence-corrected chi connectivity index (χ4v) is 8.36. The zero-order chi connectivity index (χ0) is 20.8. The Bertz CT molecular complexity index is 764. The number of aliphatic hydroxyl groups excluding tert-OH is 2. The van der Waals surface area contributed by atoms with E-state index in [4.69, 9.17) is 4.74 Å². The standard InChI is InChI=1S/C23H34O6/c1-20-6-3-14(24)11-22(20,27)7-4-16-17(20)10-18(25)21(2)15(5-8-23(16,21)28)13-9-19(26)29-12-13/h9,14-18,24-25,27-28H,3-8,10-12H2,1-2H3/t14-,15+,16+,17-,18+,20+,21-,22-,23-/m0/s1. The van der Waals surface area contributed by atoms with Crippen LogP contribution in [-0.2, 0) is 9.53 Å². The summed E-state index contributed by atoms with van der Waals surface area (Å²) in [5, 5.41) is 45.3. The second-order valence-electron chi connectivity index (χ2n) is 11.0. The molecule has 5 aliphatic rings. The molecule has 1 aliphatic heterocycles. The molecular weight excluding hydrogens is 372 g/mol. The molecular formula is C23H34O6. The van der Waals surface area contributed by atoms with Gasteiger partial charge in [-0.15, -0.1) is 0 Å². The summed E-state index contributed by atoms with van der Waals surface area (Å²) in [4.78, 5) is 11.7. The van der Waals surface area contributed by atoms with Crippen molar-refractivity contribution in [2.75, 3.05) is 6.61 Å². The molecule has 1 heterocycles. The molecule has 29 heavy (non-hydrogen) atoms. The van der Waals surface area contributed by atoms with Gasteiger partial charge in [0.2, 0.25) is 0 Å². The molecule has 0 aromatic rings. The van der Waals surface area contributed by atoms with Crippen LogP contribution >= 0.6 is 0 Å². The molecule has 0 aromatic heterocycles. The predicted molar refractivity (Wildman–Crippen MR) is 105 cm³/mol. The minimum Gasteiger partial charge on any atom is -0.458 e. The molecule has 0 saturated heterocycles. The third-order valence-electron chi connectivity index (χ3n) is 10.2. The zero-order valence-corrected chi connectivity index (χ0v) is 17.4. The quantitative estimate of drug-likeness (QED) is 0.494. The van der Waals surface area contributed by atoms with Crippen LogP contribution in [0.3, 0.4) is 0 Å². The van der Waals surface area contributed by atoms with Crippen LogP contribution in [0.2, 0.25) is 0 Å². The van der Waals surface area contributed by atoms with Crippen LogP contribution in [-0.4, -0.2) is 56.4 Å². The first-order valence-corrected chi connectivity index (χ1v) is 11.2. The van der Waals surface area contributed by atoms with E-state index in [-0.39, 0.29) is 30.3 Å². The number of carbonyl (C=O) groups is 1. The van der Waals surface area contributed by atoms with Crippen molar-refractivity contribution in [3.63, 3.8) is 0 Å². The summed E-state index contributed by atoms with van der Waals surface area (Å²) in [5.74, 6) is -0.397. The van der Waals surface area contributed by atoms with Crippen LogP contribution in [0.1, 0.15) is 65.2 Å². The fraction of sp³-hybridized carbons (Fsp3) is 0.870. The Labute approximate surface area is 172 Å². The first kappa shape index (κ1) is 20.0. The summed E-state index contributed by atoms with van der Waals surface area (Å²) in [5.41, 5.74) is -2.23. The van der Waals surface area contributed by atoms with Crippen molar-refractivity contribution in [3.05, 3.63) is 11.6 Å². The fourth-order valence-electron chi connectivity index (χ4n) is 8.36. The predicted octanol–water partition coefficient (Wildman–Crippen LogP) is 1.69. The first-order chi connectivity index (χ1) is 13.6. The maximum Gasteiger partial charge on any atom is 0.331 e. The molecule has 4 aliphatic carbocycles. The molecule has 4 N–H and O–H groups in total. The lowest BCUT2D eigenvalue weighted by atomic mass is 9.41. The second kappa shape index (κ2) is 6.06. The lowest BCUT2D eigenvalue weighted by Crippen LogP contribution is -2.70. The highest BCUT2D eigenvalue weighted by Gasteiger charge is 2.72. The van der Waals surface area contributed by atoms with Gasteiger partial charge in [-0.3, -0.25) is 0 Å². The maximum atomic E-state index is 12.1. The smallest absolute Gasteiger partial charge is 0.331 e. The Kier molecular flexibility index (Phi) is 4.17. The van der Waals surface area contributed by atoms with Crippen molar-refractivity contribution < 1.29 is 30.0 Å². The van der Waals surface area contributed by atoms with Gasteiger partial charge in [-0.1, -0.05) is 13.8 Å². The number of hydrogen-bond acceptors (Lipinski definition) is 6. The average molecular weight is 407 g/mol. The number of hydrogen-bond donors (Lipinski definition) is 4. The third kappa shape index (κ3) is 2.35. The van der Waals surface area contributed by atoms with Gasteiger partial charge in [0.1, 0.15) is 6.61 Å². The summed E-state index contributed by atoms with van der Waals surface area (Å²) in [7, 11) is 0. The Morgan fingerprint density at radius 3 is 2.48 bits per heavy atom. The molecule has 4 fully saturated rings. The molecule has 0 amide bonds. The van der Waals surface area contributed by atoms with Crippen molar-refractivity contribution >= 4 is 5.97 Å². The van der Waals surface area contributed by atoms with E-state index < -0.39 is 34.2 Å². The minimum atomic E-state index is -1.03. The molecule has 0 bridgehead atoms. The van der Waals surface area contributed by atoms with E-state index in [0.29, 0.717) is 44.9 Å².